The minimum atomic E-state index is -0.331. The van der Waals surface area contributed by atoms with Gasteiger partial charge in [0.15, 0.2) is 0 Å². The van der Waals surface area contributed by atoms with Crippen LogP contribution in [0, 0.1) is 5.92 Å². The highest BCUT2D eigenvalue weighted by Gasteiger charge is 2.35. The Labute approximate surface area is 120 Å². The van der Waals surface area contributed by atoms with Crippen LogP contribution in [0.25, 0.3) is 0 Å². The van der Waals surface area contributed by atoms with E-state index in [1.54, 1.807) is 0 Å². The third-order valence-electron chi connectivity index (χ3n) is 5.07. The summed E-state index contributed by atoms with van der Waals surface area (Å²) in [6, 6.07) is 0.0691. The lowest BCUT2D eigenvalue weighted by Gasteiger charge is -2.40. The average Bonchev–Trinajstić information content (AvgIpc) is 2.49. The molecule has 0 aromatic rings. The van der Waals surface area contributed by atoms with E-state index in [1.165, 1.54) is 25.7 Å². The summed E-state index contributed by atoms with van der Waals surface area (Å²) in [5, 5.41) is 9.25. The molecule has 2 saturated heterocycles. The second-order valence-electron chi connectivity index (χ2n) is 6.44. The maximum atomic E-state index is 12.3. The van der Waals surface area contributed by atoms with Gasteiger partial charge in [0.1, 0.15) is 6.04 Å². The largest absolute Gasteiger partial charge is 0.354 e. The molecule has 0 aromatic carbocycles. The second kappa shape index (κ2) is 6.12. The average molecular weight is 279 g/mol. The zero-order chi connectivity index (χ0) is 13.9. The van der Waals surface area contributed by atoms with Crippen molar-refractivity contribution < 1.29 is 9.59 Å². The maximum absolute atomic E-state index is 12.3. The first-order chi connectivity index (χ1) is 9.74. The number of carbonyl (C=O) groups excluding carboxylic acids is 2. The van der Waals surface area contributed by atoms with Crippen molar-refractivity contribution in [3.05, 3.63) is 0 Å². The Morgan fingerprint density at radius 1 is 1.05 bits per heavy atom. The van der Waals surface area contributed by atoms with E-state index in [1.807, 2.05) is 0 Å². The van der Waals surface area contributed by atoms with E-state index in [-0.39, 0.29) is 23.9 Å². The number of carbonyl (C=O) groups is 2. The van der Waals surface area contributed by atoms with Crippen molar-refractivity contribution in [3.8, 4) is 0 Å². The van der Waals surface area contributed by atoms with Crippen molar-refractivity contribution in [1.29, 1.82) is 0 Å². The van der Waals surface area contributed by atoms with E-state index in [2.05, 4.69) is 16.0 Å². The van der Waals surface area contributed by atoms with Crippen LogP contribution < -0.4 is 16.0 Å². The van der Waals surface area contributed by atoms with E-state index in [4.69, 9.17) is 0 Å². The van der Waals surface area contributed by atoms with Crippen LogP contribution in [0.3, 0.4) is 0 Å². The summed E-state index contributed by atoms with van der Waals surface area (Å²) in [5.41, 5.74) is 0. The maximum Gasteiger partial charge on any atom is 0.242 e. The predicted molar refractivity (Wildman–Crippen MR) is 76.1 cm³/mol. The molecule has 1 aliphatic carbocycles. The van der Waals surface area contributed by atoms with Crippen molar-refractivity contribution in [2.24, 2.45) is 5.92 Å². The molecule has 5 heteroatoms. The summed E-state index contributed by atoms with van der Waals surface area (Å²) in [5.74, 6) is 0.734. The summed E-state index contributed by atoms with van der Waals surface area (Å²) in [6.45, 7) is 0.733. The molecular formula is C15H25N3O2. The fourth-order valence-corrected chi connectivity index (χ4v) is 3.88. The first-order valence-electron chi connectivity index (χ1n) is 8.08. The van der Waals surface area contributed by atoms with Gasteiger partial charge in [-0.3, -0.25) is 9.59 Å². The van der Waals surface area contributed by atoms with Crippen LogP contribution in [0.5, 0.6) is 0 Å². The van der Waals surface area contributed by atoms with E-state index >= 15 is 0 Å². The van der Waals surface area contributed by atoms with E-state index in [0.29, 0.717) is 6.04 Å². The van der Waals surface area contributed by atoms with Crippen molar-refractivity contribution in [1.82, 2.24) is 16.0 Å². The first kappa shape index (κ1) is 13.9. The molecule has 2 aliphatic heterocycles. The molecule has 112 valence electrons. The molecule has 4 unspecified atom stereocenters. The van der Waals surface area contributed by atoms with Gasteiger partial charge in [-0.15, -0.1) is 0 Å². The number of hydrogen-bond acceptors (Lipinski definition) is 3. The zero-order valence-electron chi connectivity index (χ0n) is 12.0. The van der Waals surface area contributed by atoms with Gasteiger partial charge in [0.2, 0.25) is 11.8 Å². The molecule has 0 radical (unpaired) electrons. The number of piperidine rings is 2. The summed E-state index contributed by atoms with van der Waals surface area (Å²) in [7, 11) is 0. The lowest BCUT2D eigenvalue weighted by molar-refractivity contribution is -0.131. The summed E-state index contributed by atoms with van der Waals surface area (Å²) in [4.78, 5) is 24.0. The molecule has 0 spiro atoms. The van der Waals surface area contributed by atoms with Crippen molar-refractivity contribution in [3.63, 3.8) is 0 Å². The Balaban J connectivity index is 1.53. The van der Waals surface area contributed by atoms with Crippen LogP contribution in [-0.4, -0.2) is 36.5 Å². The molecule has 0 bridgehead atoms. The molecule has 2 amide bonds. The minimum absolute atomic E-state index is 0.0103. The van der Waals surface area contributed by atoms with Crippen LogP contribution in [0.4, 0.5) is 0 Å². The fourth-order valence-electron chi connectivity index (χ4n) is 3.88. The lowest BCUT2D eigenvalue weighted by atomic mass is 9.77. The molecule has 3 fully saturated rings. The number of amides is 2. The van der Waals surface area contributed by atoms with Gasteiger partial charge in [0.25, 0.3) is 0 Å². The van der Waals surface area contributed by atoms with Gasteiger partial charge in [0, 0.05) is 12.6 Å². The Morgan fingerprint density at radius 2 is 1.90 bits per heavy atom. The number of fused-ring (bicyclic) bond motifs is 1. The molecule has 0 aromatic heterocycles. The molecule has 5 nitrogen and oxygen atoms in total. The molecule has 2 heterocycles. The third-order valence-corrected chi connectivity index (χ3v) is 5.07. The van der Waals surface area contributed by atoms with Gasteiger partial charge in [0.05, 0.1) is 6.04 Å². The highest BCUT2D eigenvalue weighted by Crippen LogP contribution is 2.32. The van der Waals surface area contributed by atoms with Gasteiger partial charge >= 0.3 is 0 Å². The molecule has 3 rings (SSSR count). The first-order valence-corrected chi connectivity index (χ1v) is 8.08. The van der Waals surface area contributed by atoms with Crippen LogP contribution in [0.2, 0.25) is 0 Å². The summed E-state index contributed by atoms with van der Waals surface area (Å²) in [6.07, 6.45) is 8.86. The Kier molecular flexibility index (Phi) is 4.24. The molecule has 3 N–H and O–H groups in total. The number of rotatable bonds is 2. The number of hydrogen-bond donors (Lipinski definition) is 3. The molecular weight excluding hydrogens is 254 g/mol. The van der Waals surface area contributed by atoms with Gasteiger partial charge in [-0.1, -0.05) is 12.8 Å². The highest BCUT2D eigenvalue weighted by atomic mass is 16.2. The van der Waals surface area contributed by atoms with Crippen LogP contribution in [-0.2, 0) is 9.59 Å². The molecule has 3 aliphatic rings. The second-order valence-corrected chi connectivity index (χ2v) is 6.44. The Hall–Kier alpha value is -1.10. The van der Waals surface area contributed by atoms with Crippen LogP contribution in [0.15, 0.2) is 0 Å². The predicted octanol–water partition coefficient (Wildman–Crippen LogP) is 0.692. The van der Waals surface area contributed by atoms with E-state index in [0.717, 1.165) is 38.1 Å². The van der Waals surface area contributed by atoms with Crippen LogP contribution >= 0.6 is 0 Å². The zero-order valence-corrected chi connectivity index (χ0v) is 12.0. The number of nitrogens with one attached hydrogen (secondary N) is 3. The van der Waals surface area contributed by atoms with Gasteiger partial charge in [-0.25, -0.2) is 0 Å². The van der Waals surface area contributed by atoms with Gasteiger partial charge in [-0.05, 0) is 44.4 Å². The normalized spacial score (nSPS) is 37.7. The van der Waals surface area contributed by atoms with Crippen LogP contribution in [0.1, 0.15) is 51.4 Å². The highest BCUT2D eigenvalue weighted by molar-refractivity contribution is 5.90. The summed E-state index contributed by atoms with van der Waals surface area (Å²) >= 11 is 0. The van der Waals surface area contributed by atoms with Gasteiger partial charge in [-0.2, -0.15) is 0 Å². The fraction of sp³-hybridized carbons (Fsp3) is 0.867. The topological polar surface area (TPSA) is 70.2 Å². The quantitative estimate of drug-likeness (QED) is 0.696. The molecule has 20 heavy (non-hydrogen) atoms. The lowest BCUT2D eigenvalue weighted by Crippen LogP contribution is -2.58. The monoisotopic (exact) mass is 279 g/mol. The van der Waals surface area contributed by atoms with Gasteiger partial charge < -0.3 is 16.0 Å². The Bertz CT molecular complexity index is 385. The SMILES string of the molecule is O=C1NCCCC1NC(=O)C1CCC2CCCCC2N1. The Morgan fingerprint density at radius 3 is 2.75 bits per heavy atom. The van der Waals surface area contributed by atoms with Crippen molar-refractivity contribution in [2.45, 2.75) is 69.5 Å². The molecule has 1 saturated carbocycles. The summed E-state index contributed by atoms with van der Waals surface area (Å²) < 4.78 is 0. The standard InChI is InChI=1S/C15H25N3O2/c19-14-12(6-3-9-16-14)18-15(20)13-8-7-10-4-1-2-5-11(10)17-13/h10-13,17H,1-9H2,(H,16,19)(H,18,20). The van der Waals surface area contributed by atoms with Crippen molar-refractivity contribution >= 4 is 11.8 Å². The molecule has 4 atom stereocenters. The smallest absolute Gasteiger partial charge is 0.242 e. The van der Waals surface area contributed by atoms with E-state index < -0.39 is 0 Å². The van der Waals surface area contributed by atoms with E-state index in [9.17, 15) is 9.59 Å². The van der Waals surface area contributed by atoms with Crippen molar-refractivity contribution in [2.75, 3.05) is 6.54 Å². The third kappa shape index (κ3) is 2.97. The minimum Gasteiger partial charge on any atom is -0.354 e.